The first kappa shape index (κ1) is 32.7. The van der Waals surface area contributed by atoms with Crippen molar-refractivity contribution in [2.75, 3.05) is 38.3 Å². The molecule has 7 rings (SSSR count). The molecular formula is C40H42N4O4. The third kappa shape index (κ3) is 6.90. The molecule has 2 aliphatic heterocycles. The SMILES string of the molecule is C.COc1ccccc1-c1ccc(C(=O)N2Cc3ccc(C(=O)NCC4CN(Cc5ccccc5)CCO4)n3Cc3ccccc32)cc1. The number of nitrogens with one attached hydrogen (secondary N) is 1. The fraction of sp³-hybridized carbons (Fsp3) is 0.250. The highest BCUT2D eigenvalue weighted by Crippen LogP contribution is 2.32. The van der Waals surface area contributed by atoms with Crippen molar-refractivity contribution in [2.45, 2.75) is 33.2 Å². The van der Waals surface area contributed by atoms with Crippen LogP contribution in [0, 0.1) is 0 Å². The minimum atomic E-state index is -0.149. The Hall–Kier alpha value is -5.18. The summed E-state index contributed by atoms with van der Waals surface area (Å²) in [5.41, 5.74) is 7.09. The maximum absolute atomic E-state index is 14.1. The molecule has 2 amide bonds. The third-order valence-electron chi connectivity index (χ3n) is 8.99. The second kappa shape index (κ2) is 14.7. The zero-order valence-electron chi connectivity index (χ0n) is 26.5. The Kier molecular flexibility index (Phi) is 10.0. The number of hydrogen-bond donors (Lipinski definition) is 1. The van der Waals surface area contributed by atoms with Gasteiger partial charge in [-0.15, -0.1) is 0 Å². The van der Waals surface area contributed by atoms with E-state index in [9.17, 15) is 9.59 Å². The van der Waals surface area contributed by atoms with Crippen molar-refractivity contribution < 1.29 is 19.1 Å². The van der Waals surface area contributed by atoms with E-state index < -0.39 is 0 Å². The number of ether oxygens (including phenoxy) is 2. The molecule has 8 heteroatoms. The van der Waals surface area contributed by atoms with Gasteiger partial charge in [-0.05, 0) is 53.1 Å². The monoisotopic (exact) mass is 642 g/mol. The van der Waals surface area contributed by atoms with Crippen LogP contribution in [0.2, 0.25) is 0 Å². The van der Waals surface area contributed by atoms with Crippen LogP contribution in [0.4, 0.5) is 5.69 Å². The maximum atomic E-state index is 14.1. The highest BCUT2D eigenvalue weighted by Gasteiger charge is 2.28. The van der Waals surface area contributed by atoms with Gasteiger partial charge >= 0.3 is 0 Å². The zero-order valence-corrected chi connectivity index (χ0v) is 26.5. The number of nitrogens with zero attached hydrogens (tertiary/aromatic N) is 3. The number of rotatable bonds is 8. The number of methoxy groups -OCH3 is 1. The fourth-order valence-electron chi connectivity index (χ4n) is 6.56. The molecule has 0 radical (unpaired) electrons. The predicted octanol–water partition coefficient (Wildman–Crippen LogP) is 6.64. The number of fused-ring (bicyclic) bond motifs is 2. The van der Waals surface area contributed by atoms with Crippen molar-refractivity contribution >= 4 is 17.5 Å². The van der Waals surface area contributed by atoms with Gasteiger partial charge in [0.25, 0.3) is 11.8 Å². The maximum Gasteiger partial charge on any atom is 0.268 e. The highest BCUT2D eigenvalue weighted by molar-refractivity contribution is 6.07. The second-order valence-electron chi connectivity index (χ2n) is 12.0. The van der Waals surface area contributed by atoms with Crippen molar-refractivity contribution in [2.24, 2.45) is 0 Å². The van der Waals surface area contributed by atoms with E-state index >= 15 is 0 Å². The lowest BCUT2D eigenvalue weighted by molar-refractivity contribution is -0.0293. The number of carbonyl (C=O) groups excluding carboxylic acids is 2. The smallest absolute Gasteiger partial charge is 0.268 e. The molecule has 8 nitrogen and oxygen atoms in total. The van der Waals surface area contributed by atoms with Crippen LogP contribution in [0.5, 0.6) is 5.75 Å². The number of morpholine rings is 1. The van der Waals surface area contributed by atoms with E-state index in [1.807, 2.05) is 100 Å². The Morgan fingerprint density at radius 1 is 0.854 bits per heavy atom. The molecule has 4 aromatic carbocycles. The van der Waals surface area contributed by atoms with E-state index in [1.54, 1.807) is 7.11 Å². The number of benzene rings is 4. The van der Waals surface area contributed by atoms with Crippen LogP contribution in [0.3, 0.4) is 0 Å². The van der Waals surface area contributed by atoms with Gasteiger partial charge in [-0.3, -0.25) is 14.5 Å². The van der Waals surface area contributed by atoms with Crippen LogP contribution in [0.25, 0.3) is 11.1 Å². The van der Waals surface area contributed by atoms with Crippen LogP contribution >= 0.6 is 0 Å². The molecule has 1 aromatic heterocycles. The van der Waals surface area contributed by atoms with Crippen LogP contribution in [-0.2, 0) is 24.4 Å². The summed E-state index contributed by atoms with van der Waals surface area (Å²) >= 11 is 0. The first-order valence-corrected chi connectivity index (χ1v) is 16.0. The second-order valence-corrected chi connectivity index (χ2v) is 12.0. The fourth-order valence-corrected chi connectivity index (χ4v) is 6.56. The molecule has 1 saturated heterocycles. The first-order chi connectivity index (χ1) is 23.1. The number of hydrogen-bond acceptors (Lipinski definition) is 5. The van der Waals surface area contributed by atoms with Gasteiger partial charge < -0.3 is 24.3 Å². The summed E-state index contributed by atoms with van der Waals surface area (Å²) in [5.74, 6) is 0.535. The molecule has 246 valence electrons. The molecule has 1 atom stereocenters. The van der Waals surface area contributed by atoms with Crippen LogP contribution in [0.1, 0.15) is 45.1 Å². The lowest BCUT2D eigenvalue weighted by Gasteiger charge is -2.33. The van der Waals surface area contributed by atoms with E-state index in [1.165, 1.54) is 5.56 Å². The Labute approximate surface area is 282 Å². The van der Waals surface area contributed by atoms with Crippen molar-refractivity contribution in [3.63, 3.8) is 0 Å². The standard InChI is InChI=1S/C39H38N4O4.CH4/c1-46-37-14-8-6-12-34(37)29-15-17-30(18-16-29)39(45)43-26-32-19-20-36(42(32)25-31-11-5-7-13-35(31)43)38(44)40-23-33-27-41(21-22-47-33)24-28-9-3-2-4-10-28;/h2-20,33H,21-27H2,1H3,(H,40,44);1H4. The summed E-state index contributed by atoms with van der Waals surface area (Å²) in [5, 5.41) is 3.12. The van der Waals surface area contributed by atoms with Gasteiger partial charge in [0.2, 0.25) is 0 Å². The normalized spacial score (nSPS) is 15.8. The van der Waals surface area contributed by atoms with Crippen molar-refractivity contribution in [1.82, 2.24) is 14.8 Å². The molecule has 5 aromatic rings. The molecule has 1 fully saturated rings. The van der Waals surface area contributed by atoms with E-state index in [0.717, 1.165) is 53.5 Å². The quantitative estimate of drug-likeness (QED) is 0.206. The Bertz CT molecular complexity index is 1870. The van der Waals surface area contributed by atoms with Gasteiger partial charge in [-0.25, -0.2) is 0 Å². The Morgan fingerprint density at radius 2 is 1.60 bits per heavy atom. The average Bonchev–Trinajstić information content (AvgIpc) is 3.44. The molecule has 0 saturated carbocycles. The zero-order chi connectivity index (χ0) is 32.2. The number of para-hydroxylation sites is 2. The minimum absolute atomic E-state index is 0. The molecule has 1 N–H and O–H groups in total. The van der Waals surface area contributed by atoms with Gasteiger partial charge in [0.15, 0.2) is 0 Å². The summed E-state index contributed by atoms with van der Waals surface area (Å²) < 4.78 is 13.6. The minimum Gasteiger partial charge on any atom is -0.496 e. The molecular weight excluding hydrogens is 600 g/mol. The third-order valence-corrected chi connectivity index (χ3v) is 8.99. The van der Waals surface area contributed by atoms with Gasteiger partial charge in [0.05, 0.1) is 32.9 Å². The molecule has 2 aliphatic rings. The van der Waals surface area contributed by atoms with Crippen molar-refractivity contribution in [3.8, 4) is 16.9 Å². The van der Waals surface area contributed by atoms with E-state index in [4.69, 9.17) is 9.47 Å². The number of carbonyl (C=O) groups is 2. The molecule has 3 heterocycles. The van der Waals surface area contributed by atoms with Crippen LogP contribution < -0.4 is 15.0 Å². The molecule has 0 spiro atoms. The topological polar surface area (TPSA) is 76.0 Å². The van der Waals surface area contributed by atoms with E-state index in [2.05, 4.69) is 34.5 Å². The summed E-state index contributed by atoms with van der Waals surface area (Å²) in [7, 11) is 1.66. The van der Waals surface area contributed by atoms with Crippen molar-refractivity contribution in [3.05, 3.63) is 143 Å². The van der Waals surface area contributed by atoms with Gasteiger partial charge in [0.1, 0.15) is 11.4 Å². The van der Waals surface area contributed by atoms with E-state index in [-0.39, 0.29) is 25.3 Å². The van der Waals surface area contributed by atoms with Gasteiger partial charge in [-0.1, -0.05) is 86.3 Å². The summed E-state index contributed by atoms with van der Waals surface area (Å²) in [4.78, 5) is 31.8. The van der Waals surface area contributed by atoms with Crippen LogP contribution in [0.15, 0.2) is 115 Å². The average molecular weight is 643 g/mol. The molecule has 48 heavy (non-hydrogen) atoms. The van der Waals surface area contributed by atoms with Crippen LogP contribution in [-0.4, -0.2) is 60.7 Å². The number of aromatic nitrogens is 1. The highest BCUT2D eigenvalue weighted by atomic mass is 16.5. The number of amides is 2. The van der Waals surface area contributed by atoms with Gasteiger partial charge in [0, 0.05) is 48.7 Å². The first-order valence-electron chi connectivity index (χ1n) is 16.0. The lowest BCUT2D eigenvalue weighted by Crippen LogP contribution is -2.47. The number of anilines is 1. The summed E-state index contributed by atoms with van der Waals surface area (Å²) in [6, 6.07) is 37.6. The van der Waals surface area contributed by atoms with E-state index in [0.29, 0.717) is 37.5 Å². The summed E-state index contributed by atoms with van der Waals surface area (Å²) in [6.45, 7) is 4.38. The predicted molar refractivity (Wildman–Crippen MR) is 189 cm³/mol. The van der Waals surface area contributed by atoms with Crippen molar-refractivity contribution in [1.29, 1.82) is 0 Å². The molecule has 0 bridgehead atoms. The molecule has 0 aliphatic carbocycles. The Balaban J connectivity index is 0.00000401. The lowest BCUT2D eigenvalue weighted by atomic mass is 10.0. The summed E-state index contributed by atoms with van der Waals surface area (Å²) in [6.07, 6.45) is -0.0850. The van der Waals surface area contributed by atoms with Gasteiger partial charge in [-0.2, -0.15) is 0 Å². The Morgan fingerprint density at radius 3 is 2.42 bits per heavy atom. The molecule has 1 unspecified atom stereocenters. The largest absolute Gasteiger partial charge is 0.496 e.